The van der Waals surface area contributed by atoms with Crippen molar-refractivity contribution >= 4 is 0 Å². The Morgan fingerprint density at radius 3 is 1.78 bits per heavy atom. The van der Waals surface area contributed by atoms with E-state index in [-0.39, 0.29) is 0 Å². The number of benzene rings is 1. The Morgan fingerprint density at radius 2 is 1.30 bits per heavy atom. The molecule has 0 radical (unpaired) electrons. The predicted octanol–water partition coefficient (Wildman–Crippen LogP) is 8.40. The molecule has 1 rings (SSSR count). The highest BCUT2D eigenvalue weighted by Crippen LogP contribution is 2.37. The number of unbranched alkanes of at least 4 members (excludes halogenated alkanes) is 2. The Morgan fingerprint density at radius 1 is 0.778 bits per heavy atom. The first-order valence-electron chi connectivity index (χ1n) is 11.3. The van der Waals surface area contributed by atoms with Crippen LogP contribution in [-0.2, 0) is 6.42 Å². The van der Waals surface area contributed by atoms with Crippen molar-refractivity contribution in [1.82, 2.24) is 0 Å². The standard InChI is InChI=1S/C26H46O/c1-8-9-14-22(25(2,3)4)15-10-11-16-23(26(5,6)7)19-18-21-13-12-17-24(27)20-21/h12-13,17,20,22-23,27H,8-11,14-16,18-19H2,1-7H3/t22-,23-/m1/s1. The summed E-state index contributed by atoms with van der Waals surface area (Å²) in [6, 6.07) is 7.77. The topological polar surface area (TPSA) is 20.2 Å². The molecule has 0 unspecified atom stereocenters. The third-order valence-corrected chi connectivity index (χ3v) is 6.40. The molecule has 0 saturated heterocycles. The van der Waals surface area contributed by atoms with E-state index < -0.39 is 0 Å². The molecule has 0 fully saturated rings. The lowest BCUT2D eigenvalue weighted by Gasteiger charge is -2.33. The van der Waals surface area contributed by atoms with Crippen LogP contribution in [0.4, 0.5) is 0 Å². The summed E-state index contributed by atoms with van der Waals surface area (Å²) >= 11 is 0. The summed E-state index contributed by atoms with van der Waals surface area (Å²) in [4.78, 5) is 0. The minimum absolute atomic E-state index is 0.350. The SMILES string of the molecule is CCCC[C@H](CCCC[C@H](CCc1cccc(O)c1)C(C)(C)C)C(C)(C)C. The molecule has 1 heteroatoms. The van der Waals surface area contributed by atoms with E-state index in [2.05, 4.69) is 54.5 Å². The number of aryl methyl sites for hydroxylation is 1. The Labute approximate surface area is 170 Å². The van der Waals surface area contributed by atoms with Gasteiger partial charge >= 0.3 is 0 Å². The fraction of sp³-hybridized carbons (Fsp3) is 0.769. The van der Waals surface area contributed by atoms with E-state index in [0.29, 0.717) is 16.6 Å². The van der Waals surface area contributed by atoms with Gasteiger partial charge in [-0.25, -0.2) is 0 Å². The van der Waals surface area contributed by atoms with Crippen LogP contribution in [0.3, 0.4) is 0 Å². The van der Waals surface area contributed by atoms with E-state index in [4.69, 9.17) is 0 Å². The van der Waals surface area contributed by atoms with Crippen molar-refractivity contribution in [2.75, 3.05) is 0 Å². The van der Waals surface area contributed by atoms with Crippen LogP contribution in [0.2, 0.25) is 0 Å². The molecule has 0 spiro atoms. The minimum Gasteiger partial charge on any atom is -0.508 e. The lowest BCUT2D eigenvalue weighted by molar-refractivity contribution is 0.185. The van der Waals surface area contributed by atoms with Crippen LogP contribution in [0.5, 0.6) is 5.75 Å². The van der Waals surface area contributed by atoms with Gasteiger partial charge in [0.1, 0.15) is 5.75 Å². The maximum atomic E-state index is 9.69. The van der Waals surface area contributed by atoms with Gasteiger partial charge in [0.05, 0.1) is 0 Å². The molecule has 0 saturated carbocycles. The van der Waals surface area contributed by atoms with Crippen LogP contribution in [0.1, 0.15) is 105 Å². The average Bonchev–Trinajstić information content (AvgIpc) is 2.54. The molecule has 156 valence electrons. The first-order valence-corrected chi connectivity index (χ1v) is 11.3. The van der Waals surface area contributed by atoms with Crippen molar-refractivity contribution < 1.29 is 5.11 Å². The van der Waals surface area contributed by atoms with E-state index in [1.165, 1.54) is 56.9 Å². The van der Waals surface area contributed by atoms with Gasteiger partial charge in [0.2, 0.25) is 0 Å². The van der Waals surface area contributed by atoms with Gasteiger partial charge in [-0.1, -0.05) is 86.3 Å². The lowest BCUT2D eigenvalue weighted by atomic mass is 9.73. The largest absolute Gasteiger partial charge is 0.508 e. The number of hydrogen-bond donors (Lipinski definition) is 1. The van der Waals surface area contributed by atoms with Gasteiger partial charge in [0.25, 0.3) is 0 Å². The second-order valence-electron chi connectivity index (χ2n) is 10.8. The van der Waals surface area contributed by atoms with Gasteiger partial charge in [0, 0.05) is 0 Å². The van der Waals surface area contributed by atoms with E-state index in [0.717, 1.165) is 18.3 Å². The molecule has 0 amide bonds. The summed E-state index contributed by atoms with van der Waals surface area (Å²) < 4.78 is 0. The van der Waals surface area contributed by atoms with Crippen molar-refractivity contribution in [1.29, 1.82) is 0 Å². The van der Waals surface area contributed by atoms with Crippen molar-refractivity contribution in [2.45, 2.75) is 106 Å². The molecule has 0 heterocycles. The molecule has 0 aliphatic heterocycles. The van der Waals surface area contributed by atoms with Crippen LogP contribution in [0.15, 0.2) is 24.3 Å². The predicted molar refractivity (Wildman–Crippen MR) is 120 cm³/mol. The van der Waals surface area contributed by atoms with E-state index >= 15 is 0 Å². The van der Waals surface area contributed by atoms with Crippen LogP contribution in [-0.4, -0.2) is 5.11 Å². The fourth-order valence-corrected chi connectivity index (χ4v) is 4.31. The highest BCUT2D eigenvalue weighted by atomic mass is 16.3. The van der Waals surface area contributed by atoms with E-state index in [1.54, 1.807) is 6.07 Å². The number of hydrogen-bond acceptors (Lipinski definition) is 1. The Kier molecular flexibility index (Phi) is 9.91. The Bertz CT molecular complexity index is 518. The highest BCUT2D eigenvalue weighted by molar-refractivity contribution is 5.27. The molecule has 1 aromatic rings. The normalized spacial score (nSPS) is 14.9. The van der Waals surface area contributed by atoms with Crippen LogP contribution >= 0.6 is 0 Å². The van der Waals surface area contributed by atoms with Gasteiger partial charge in [-0.05, 0) is 72.5 Å². The molecule has 2 atom stereocenters. The zero-order valence-corrected chi connectivity index (χ0v) is 19.3. The first kappa shape index (κ1) is 24.1. The maximum absolute atomic E-state index is 9.69. The summed E-state index contributed by atoms with van der Waals surface area (Å²) in [5.41, 5.74) is 2.05. The minimum atomic E-state index is 0.350. The van der Waals surface area contributed by atoms with Gasteiger partial charge in [-0.15, -0.1) is 0 Å². The smallest absolute Gasteiger partial charge is 0.115 e. The summed E-state index contributed by atoms with van der Waals surface area (Å²) in [5, 5.41) is 9.69. The molecule has 1 nitrogen and oxygen atoms in total. The maximum Gasteiger partial charge on any atom is 0.115 e. The first-order chi connectivity index (χ1) is 12.5. The van der Waals surface area contributed by atoms with Crippen LogP contribution in [0, 0.1) is 22.7 Å². The fourth-order valence-electron chi connectivity index (χ4n) is 4.31. The number of phenols is 1. The number of phenolic OH excluding ortho intramolecular Hbond substituents is 1. The summed E-state index contributed by atoms with van der Waals surface area (Å²) in [6.45, 7) is 16.7. The second-order valence-corrected chi connectivity index (χ2v) is 10.8. The van der Waals surface area contributed by atoms with Crippen molar-refractivity contribution in [2.24, 2.45) is 22.7 Å². The summed E-state index contributed by atoms with van der Waals surface area (Å²) in [7, 11) is 0. The molecule has 0 aliphatic carbocycles. The molecule has 1 aromatic carbocycles. The second kappa shape index (κ2) is 11.1. The molecule has 0 aliphatic rings. The van der Waals surface area contributed by atoms with Crippen molar-refractivity contribution in [3.63, 3.8) is 0 Å². The van der Waals surface area contributed by atoms with Crippen molar-refractivity contribution in [3.05, 3.63) is 29.8 Å². The molecule has 0 aromatic heterocycles. The van der Waals surface area contributed by atoms with Crippen LogP contribution in [0.25, 0.3) is 0 Å². The molecule has 0 bridgehead atoms. The van der Waals surface area contributed by atoms with Crippen LogP contribution < -0.4 is 0 Å². The monoisotopic (exact) mass is 374 g/mol. The quantitative estimate of drug-likeness (QED) is 0.385. The molecule has 1 N–H and O–H groups in total. The molecular formula is C26H46O. The van der Waals surface area contributed by atoms with E-state index in [1.807, 2.05) is 12.1 Å². The van der Waals surface area contributed by atoms with Gasteiger partial charge in [-0.3, -0.25) is 0 Å². The molecular weight excluding hydrogens is 328 g/mol. The third kappa shape index (κ3) is 9.67. The Balaban J connectivity index is 2.50. The third-order valence-electron chi connectivity index (χ3n) is 6.40. The van der Waals surface area contributed by atoms with E-state index in [9.17, 15) is 5.11 Å². The van der Waals surface area contributed by atoms with Gasteiger partial charge < -0.3 is 5.11 Å². The average molecular weight is 375 g/mol. The highest BCUT2D eigenvalue weighted by Gasteiger charge is 2.26. The van der Waals surface area contributed by atoms with Gasteiger partial charge in [-0.2, -0.15) is 0 Å². The summed E-state index contributed by atoms with van der Waals surface area (Å²) in [5.74, 6) is 1.99. The van der Waals surface area contributed by atoms with Crippen molar-refractivity contribution in [3.8, 4) is 5.75 Å². The van der Waals surface area contributed by atoms with Gasteiger partial charge in [0.15, 0.2) is 0 Å². The number of rotatable bonds is 11. The number of aromatic hydroxyl groups is 1. The zero-order chi connectivity index (χ0) is 20.5. The zero-order valence-electron chi connectivity index (χ0n) is 19.3. The Hall–Kier alpha value is -0.980. The molecule has 27 heavy (non-hydrogen) atoms. The summed E-state index contributed by atoms with van der Waals surface area (Å²) in [6.07, 6.45) is 11.8. The lowest BCUT2D eigenvalue weighted by Crippen LogP contribution is -2.22.